The molecule has 1 aromatic heterocycles. The van der Waals surface area contributed by atoms with Gasteiger partial charge in [0.15, 0.2) is 0 Å². The van der Waals surface area contributed by atoms with Crippen LogP contribution in [0.25, 0.3) is 10.2 Å². The topological polar surface area (TPSA) is 24.9 Å². The first-order valence-electron chi connectivity index (χ1n) is 7.19. The summed E-state index contributed by atoms with van der Waals surface area (Å²) in [6.45, 7) is 10.1. The van der Waals surface area contributed by atoms with Crippen molar-refractivity contribution in [2.24, 2.45) is 11.8 Å². The van der Waals surface area contributed by atoms with Crippen molar-refractivity contribution >= 4 is 21.6 Å². The van der Waals surface area contributed by atoms with E-state index in [1.165, 1.54) is 9.71 Å². The van der Waals surface area contributed by atoms with Crippen molar-refractivity contribution in [1.82, 2.24) is 10.3 Å². The summed E-state index contributed by atoms with van der Waals surface area (Å²) in [5, 5.41) is 4.87. The standard InChI is InChI=1S/C16H24N2S/c1-5-17-14(12(4)11(2)3)10-16-18-13-8-6-7-9-15(13)19-16/h6-9,11-12,14,17H,5,10H2,1-4H3. The lowest BCUT2D eigenvalue weighted by Crippen LogP contribution is -2.38. The Bertz CT molecular complexity index is 485. The number of hydrogen-bond acceptors (Lipinski definition) is 3. The molecule has 0 saturated carbocycles. The highest BCUT2D eigenvalue weighted by molar-refractivity contribution is 7.18. The molecule has 1 N–H and O–H groups in total. The Labute approximate surface area is 120 Å². The lowest BCUT2D eigenvalue weighted by atomic mass is 9.88. The van der Waals surface area contributed by atoms with Crippen molar-refractivity contribution in [3.63, 3.8) is 0 Å². The molecule has 0 bridgehead atoms. The van der Waals surface area contributed by atoms with E-state index in [1.807, 2.05) is 11.3 Å². The number of aromatic nitrogens is 1. The van der Waals surface area contributed by atoms with E-state index in [0.29, 0.717) is 17.9 Å². The monoisotopic (exact) mass is 276 g/mol. The molecule has 2 rings (SSSR count). The van der Waals surface area contributed by atoms with Crippen molar-refractivity contribution in [1.29, 1.82) is 0 Å². The zero-order valence-electron chi connectivity index (χ0n) is 12.3. The lowest BCUT2D eigenvalue weighted by Gasteiger charge is -2.27. The van der Waals surface area contributed by atoms with Crippen molar-refractivity contribution < 1.29 is 0 Å². The lowest BCUT2D eigenvalue weighted by molar-refractivity contribution is 0.300. The van der Waals surface area contributed by atoms with Crippen molar-refractivity contribution in [3.05, 3.63) is 29.3 Å². The van der Waals surface area contributed by atoms with Gasteiger partial charge in [-0.2, -0.15) is 0 Å². The summed E-state index contributed by atoms with van der Waals surface area (Å²) in [6, 6.07) is 8.92. The second kappa shape index (κ2) is 6.49. The Kier molecular flexibility index (Phi) is 4.94. The van der Waals surface area contributed by atoms with Gasteiger partial charge in [0.2, 0.25) is 0 Å². The Hall–Kier alpha value is -0.930. The summed E-state index contributed by atoms with van der Waals surface area (Å²) in [4.78, 5) is 4.76. The summed E-state index contributed by atoms with van der Waals surface area (Å²) in [7, 11) is 0. The van der Waals surface area contributed by atoms with Gasteiger partial charge in [0, 0.05) is 12.5 Å². The molecule has 0 aliphatic carbocycles. The third-order valence-electron chi connectivity index (χ3n) is 3.89. The Morgan fingerprint density at radius 3 is 2.58 bits per heavy atom. The SMILES string of the molecule is CCNC(Cc1nc2ccccc2s1)C(C)C(C)C. The number of hydrogen-bond donors (Lipinski definition) is 1. The maximum Gasteiger partial charge on any atom is 0.0954 e. The van der Waals surface area contributed by atoms with Gasteiger partial charge in [-0.25, -0.2) is 4.98 Å². The van der Waals surface area contributed by atoms with Crippen LogP contribution in [-0.2, 0) is 6.42 Å². The number of nitrogens with zero attached hydrogens (tertiary/aromatic N) is 1. The molecule has 0 amide bonds. The van der Waals surface area contributed by atoms with Crippen LogP contribution in [0.5, 0.6) is 0 Å². The maximum absolute atomic E-state index is 4.76. The largest absolute Gasteiger partial charge is 0.314 e. The van der Waals surface area contributed by atoms with Crippen LogP contribution >= 0.6 is 11.3 Å². The van der Waals surface area contributed by atoms with Gasteiger partial charge in [0.05, 0.1) is 15.2 Å². The summed E-state index contributed by atoms with van der Waals surface area (Å²) in [5.74, 6) is 1.35. The van der Waals surface area contributed by atoms with Crippen LogP contribution in [0.3, 0.4) is 0 Å². The van der Waals surface area contributed by atoms with Gasteiger partial charge in [-0.1, -0.05) is 39.8 Å². The molecule has 0 aliphatic rings. The molecule has 2 nitrogen and oxygen atoms in total. The summed E-state index contributed by atoms with van der Waals surface area (Å²) < 4.78 is 1.30. The minimum atomic E-state index is 0.519. The molecule has 3 heteroatoms. The highest BCUT2D eigenvalue weighted by Crippen LogP contribution is 2.25. The van der Waals surface area contributed by atoms with Crippen molar-refractivity contribution in [2.45, 2.75) is 40.2 Å². The molecule has 19 heavy (non-hydrogen) atoms. The van der Waals surface area contributed by atoms with E-state index in [4.69, 9.17) is 4.98 Å². The van der Waals surface area contributed by atoms with Crippen LogP contribution in [0.15, 0.2) is 24.3 Å². The number of fused-ring (bicyclic) bond motifs is 1. The van der Waals surface area contributed by atoms with Gasteiger partial charge < -0.3 is 5.32 Å². The van der Waals surface area contributed by atoms with Gasteiger partial charge in [-0.3, -0.25) is 0 Å². The fourth-order valence-electron chi connectivity index (χ4n) is 2.37. The van der Waals surface area contributed by atoms with E-state index in [9.17, 15) is 0 Å². The predicted octanol–water partition coefficient (Wildman–Crippen LogP) is 4.11. The summed E-state index contributed by atoms with van der Waals surface area (Å²) >= 11 is 1.83. The molecular formula is C16H24N2S. The average molecular weight is 276 g/mol. The highest BCUT2D eigenvalue weighted by Gasteiger charge is 2.21. The van der Waals surface area contributed by atoms with Gasteiger partial charge in [-0.15, -0.1) is 11.3 Å². The summed E-state index contributed by atoms with van der Waals surface area (Å²) in [5.41, 5.74) is 1.13. The van der Waals surface area contributed by atoms with E-state index in [2.05, 4.69) is 57.3 Å². The average Bonchev–Trinajstić information content (AvgIpc) is 2.79. The molecule has 104 valence electrons. The van der Waals surface area contributed by atoms with Crippen LogP contribution in [0.1, 0.15) is 32.7 Å². The first-order valence-corrected chi connectivity index (χ1v) is 8.01. The van der Waals surface area contributed by atoms with Gasteiger partial charge >= 0.3 is 0 Å². The third-order valence-corrected chi connectivity index (χ3v) is 4.94. The molecular weight excluding hydrogens is 252 g/mol. The molecule has 2 unspecified atom stereocenters. The van der Waals surface area contributed by atoms with Crippen molar-refractivity contribution in [2.75, 3.05) is 6.54 Å². The number of likely N-dealkylation sites (N-methyl/N-ethyl adjacent to an activating group) is 1. The number of rotatable bonds is 6. The first-order chi connectivity index (χ1) is 9.11. The molecule has 0 aliphatic heterocycles. The maximum atomic E-state index is 4.76. The van der Waals surface area contributed by atoms with E-state index < -0.39 is 0 Å². The zero-order valence-corrected chi connectivity index (χ0v) is 13.1. The molecule has 1 aromatic carbocycles. The predicted molar refractivity (Wildman–Crippen MR) is 84.8 cm³/mol. The van der Waals surface area contributed by atoms with Crippen molar-refractivity contribution in [3.8, 4) is 0 Å². The van der Waals surface area contributed by atoms with Crippen LogP contribution in [0, 0.1) is 11.8 Å². The molecule has 2 aromatic rings. The fraction of sp³-hybridized carbons (Fsp3) is 0.562. The molecule has 0 spiro atoms. The smallest absolute Gasteiger partial charge is 0.0954 e. The minimum Gasteiger partial charge on any atom is -0.314 e. The van der Waals surface area contributed by atoms with E-state index >= 15 is 0 Å². The molecule has 0 fully saturated rings. The molecule has 2 atom stereocenters. The number of para-hydroxylation sites is 1. The van der Waals surface area contributed by atoms with Gasteiger partial charge in [0.25, 0.3) is 0 Å². The van der Waals surface area contributed by atoms with Gasteiger partial charge in [-0.05, 0) is 30.5 Å². The first kappa shape index (κ1) is 14.5. The Balaban J connectivity index is 2.16. The fourth-order valence-corrected chi connectivity index (χ4v) is 3.39. The number of thiazole rings is 1. The molecule has 1 heterocycles. The second-order valence-electron chi connectivity index (χ2n) is 5.55. The third kappa shape index (κ3) is 3.54. The van der Waals surface area contributed by atoms with E-state index in [-0.39, 0.29) is 0 Å². The minimum absolute atomic E-state index is 0.519. The highest BCUT2D eigenvalue weighted by atomic mass is 32.1. The van der Waals surface area contributed by atoms with Crippen LogP contribution < -0.4 is 5.32 Å². The summed E-state index contributed by atoms with van der Waals surface area (Å²) in [6.07, 6.45) is 1.03. The van der Waals surface area contributed by atoms with Crippen LogP contribution in [0.4, 0.5) is 0 Å². The molecule has 0 radical (unpaired) electrons. The van der Waals surface area contributed by atoms with E-state index in [0.717, 1.165) is 18.5 Å². The molecule has 0 saturated heterocycles. The Morgan fingerprint density at radius 1 is 1.21 bits per heavy atom. The van der Waals surface area contributed by atoms with E-state index in [1.54, 1.807) is 0 Å². The van der Waals surface area contributed by atoms with Crippen LogP contribution in [0.2, 0.25) is 0 Å². The number of nitrogens with one attached hydrogen (secondary N) is 1. The number of benzene rings is 1. The van der Waals surface area contributed by atoms with Crippen LogP contribution in [-0.4, -0.2) is 17.6 Å². The quantitative estimate of drug-likeness (QED) is 0.859. The second-order valence-corrected chi connectivity index (χ2v) is 6.66. The normalized spacial score (nSPS) is 15.0. The van der Waals surface area contributed by atoms with Gasteiger partial charge in [0.1, 0.15) is 0 Å². The zero-order chi connectivity index (χ0) is 13.8. The Morgan fingerprint density at radius 2 is 1.95 bits per heavy atom.